The van der Waals surface area contributed by atoms with Gasteiger partial charge in [0.25, 0.3) is 0 Å². The Balaban J connectivity index is 1.40. The molecule has 0 atom stereocenters. The number of hydrogen-bond acceptors (Lipinski definition) is 2. The van der Waals surface area contributed by atoms with Crippen LogP contribution in [0, 0.1) is 0 Å². The number of benzene rings is 1. The summed E-state index contributed by atoms with van der Waals surface area (Å²) in [5.74, 6) is 0. The smallest absolute Gasteiger partial charge is 0.0107 e. The van der Waals surface area contributed by atoms with Crippen LogP contribution in [-0.2, 0) is 12.8 Å². The van der Waals surface area contributed by atoms with E-state index in [9.17, 15) is 0 Å². The van der Waals surface area contributed by atoms with E-state index in [0.29, 0.717) is 0 Å². The summed E-state index contributed by atoms with van der Waals surface area (Å²) in [6.07, 6.45) is 11.0. The van der Waals surface area contributed by atoms with E-state index in [2.05, 4.69) is 34.5 Å². The maximum absolute atomic E-state index is 3.81. The van der Waals surface area contributed by atoms with Crippen LogP contribution in [0.25, 0.3) is 0 Å². The molecule has 1 saturated carbocycles. The van der Waals surface area contributed by atoms with E-state index in [1.807, 2.05) is 0 Å². The fourth-order valence-corrected chi connectivity index (χ4v) is 3.85. The Morgan fingerprint density at radius 2 is 1.52 bits per heavy atom. The zero-order valence-electron chi connectivity index (χ0n) is 13.3. The van der Waals surface area contributed by atoms with Crippen LogP contribution < -0.4 is 5.32 Å². The molecule has 0 spiro atoms. The second kappa shape index (κ2) is 7.95. The van der Waals surface area contributed by atoms with Crippen molar-refractivity contribution in [3.05, 3.63) is 35.4 Å². The van der Waals surface area contributed by atoms with Gasteiger partial charge in [-0.05, 0) is 36.8 Å². The van der Waals surface area contributed by atoms with Crippen LogP contribution in [-0.4, -0.2) is 37.1 Å². The highest BCUT2D eigenvalue weighted by Crippen LogP contribution is 2.17. The molecule has 21 heavy (non-hydrogen) atoms. The maximum Gasteiger partial charge on any atom is 0.0107 e. The van der Waals surface area contributed by atoms with Crippen LogP contribution in [0.15, 0.2) is 24.3 Å². The molecule has 1 aromatic rings. The van der Waals surface area contributed by atoms with Crippen LogP contribution >= 0.6 is 0 Å². The Kier molecular flexibility index (Phi) is 5.70. The highest BCUT2D eigenvalue weighted by Gasteiger charge is 2.14. The average molecular weight is 286 g/mol. The van der Waals surface area contributed by atoms with Gasteiger partial charge in [-0.25, -0.2) is 0 Å². The number of fused-ring (bicyclic) bond motifs is 1. The SMILES string of the molecule is c1ccc2c(c1)CCN(CCNC1CCCCCC1)CC2. The summed E-state index contributed by atoms with van der Waals surface area (Å²) in [5.41, 5.74) is 3.13. The summed E-state index contributed by atoms with van der Waals surface area (Å²) < 4.78 is 0. The lowest BCUT2D eigenvalue weighted by Gasteiger charge is -2.22. The first-order valence-electron chi connectivity index (χ1n) is 8.94. The summed E-state index contributed by atoms with van der Waals surface area (Å²) in [5, 5.41) is 3.81. The first-order valence-corrected chi connectivity index (χ1v) is 8.94. The molecule has 0 unspecified atom stereocenters. The molecule has 1 aliphatic heterocycles. The Labute approximate surface area is 129 Å². The van der Waals surface area contributed by atoms with Crippen LogP contribution in [0.5, 0.6) is 0 Å². The third-order valence-electron chi connectivity index (χ3n) is 5.23. The number of nitrogens with zero attached hydrogens (tertiary/aromatic N) is 1. The summed E-state index contributed by atoms with van der Waals surface area (Å²) in [7, 11) is 0. The molecular formula is C19H30N2. The van der Waals surface area contributed by atoms with Crippen LogP contribution in [0.3, 0.4) is 0 Å². The molecule has 1 fully saturated rings. The van der Waals surface area contributed by atoms with E-state index in [0.717, 1.165) is 6.04 Å². The lowest BCUT2D eigenvalue weighted by atomic mass is 10.0. The molecule has 0 aromatic heterocycles. The van der Waals surface area contributed by atoms with Gasteiger partial charge >= 0.3 is 0 Å². The Morgan fingerprint density at radius 3 is 2.14 bits per heavy atom. The second-order valence-corrected chi connectivity index (χ2v) is 6.75. The van der Waals surface area contributed by atoms with Crippen LogP contribution in [0.2, 0.25) is 0 Å². The van der Waals surface area contributed by atoms with Gasteiger partial charge < -0.3 is 10.2 Å². The summed E-state index contributed by atoms with van der Waals surface area (Å²) in [6, 6.07) is 9.77. The van der Waals surface area contributed by atoms with Crippen molar-refractivity contribution in [1.29, 1.82) is 0 Å². The Bertz CT molecular complexity index is 394. The van der Waals surface area contributed by atoms with E-state index in [1.54, 1.807) is 11.1 Å². The minimum Gasteiger partial charge on any atom is -0.313 e. The quantitative estimate of drug-likeness (QED) is 0.854. The van der Waals surface area contributed by atoms with E-state index in [-0.39, 0.29) is 0 Å². The number of rotatable bonds is 4. The molecule has 0 bridgehead atoms. The highest BCUT2D eigenvalue weighted by atomic mass is 15.1. The van der Waals surface area contributed by atoms with Crippen molar-refractivity contribution in [3.63, 3.8) is 0 Å². The van der Waals surface area contributed by atoms with Gasteiger partial charge in [0.15, 0.2) is 0 Å². The highest BCUT2D eigenvalue weighted by molar-refractivity contribution is 5.28. The van der Waals surface area contributed by atoms with Crippen LogP contribution in [0.4, 0.5) is 0 Å². The molecule has 1 heterocycles. The van der Waals surface area contributed by atoms with Gasteiger partial charge in [0.1, 0.15) is 0 Å². The maximum atomic E-state index is 3.81. The van der Waals surface area contributed by atoms with Crippen molar-refractivity contribution < 1.29 is 0 Å². The van der Waals surface area contributed by atoms with Gasteiger partial charge in [-0.3, -0.25) is 0 Å². The molecular weight excluding hydrogens is 256 g/mol. The van der Waals surface area contributed by atoms with Crippen molar-refractivity contribution in [2.24, 2.45) is 0 Å². The predicted molar refractivity (Wildman–Crippen MR) is 89.8 cm³/mol. The fraction of sp³-hybridized carbons (Fsp3) is 0.684. The molecule has 2 nitrogen and oxygen atoms in total. The lowest BCUT2D eigenvalue weighted by molar-refractivity contribution is 0.278. The zero-order valence-corrected chi connectivity index (χ0v) is 13.3. The normalized spacial score (nSPS) is 21.5. The Hall–Kier alpha value is -0.860. The van der Waals surface area contributed by atoms with Crippen molar-refractivity contribution in [2.75, 3.05) is 26.2 Å². The third-order valence-corrected chi connectivity index (χ3v) is 5.23. The minimum absolute atomic E-state index is 0.789. The average Bonchev–Trinajstić information content (AvgIpc) is 2.89. The zero-order chi connectivity index (χ0) is 14.3. The standard InChI is InChI=1S/C19H30N2/c1-2-4-10-19(9-3-1)20-13-16-21-14-11-17-7-5-6-8-18(17)12-15-21/h5-8,19-20H,1-4,9-16H2. The molecule has 2 heteroatoms. The summed E-state index contributed by atoms with van der Waals surface area (Å²) in [4.78, 5) is 2.64. The molecule has 116 valence electrons. The summed E-state index contributed by atoms with van der Waals surface area (Å²) >= 11 is 0. The van der Waals surface area contributed by atoms with Gasteiger partial charge in [-0.1, -0.05) is 49.9 Å². The van der Waals surface area contributed by atoms with Crippen molar-refractivity contribution in [1.82, 2.24) is 10.2 Å². The summed E-state index contributed by atoms with van der Waals surface area (Å²) in [6.45, 7) is 4.83. The number of hydrogen-bond donors (Lipinski definition) is 1. The molecule has 1 aromatic carbocycles. The monoisotopic (exact) mass is 286 g/mol. The molecule has 0 amide bonds. The van der Waals surface area contributed by atoms with E-state index >= 15 is 0 Å². The van der Waals surface area contributed by atoms with Crippen LogP contribution in [0.1, 0.15) is 49.7 Å². The van der Waals surface area contributed by atoms with E-state index in [4.69, 9.17) is 0 Å². The molecule has 1 aliphatic carbocycles. The largest absolute Gasteiger partial charge is 0.313 e. The van der Waals surface area contributed by atoms with Gasteiger partial charge in [-0.15, -0.1) is 0 Å². The van der Waals surface area contributed by atoms with Gasteiger partial charge in [0.2, 0.25) is 0 Å². The minimum atomic E-state index is 0.789. The molecule has 0 radical (unpaired) electrons. The van der Waals surface area contributed by atoms with E-state index in [1.165, 1.54) is 77.5 Å². The molecule has 1 N–H and O–H groups in total. The van der Waals surface area contributed by atoms with Gasteiger partial charge in [0, 0.05) is 32.2 Å². The number of nitrogens with one attached hydrogen (secondary N) is 1. The third kappa shape index (κ3) is 4.55. The molecule has 2 aliphatic rings. The lowest BCUT2D eigenvalue weighted by Crippen LogP contribution is -2.38. The molecule has 3 rings (SSSR count). The first-order chi connectivity index (χ1) is 10.4. The van der Waals surface area contributed by atoms with Crippen molar-refractivity contribution in [2.45, 2.75) is 57.4 Å². The van der Waals surface area contributed by atoms with Crippen molar-refractivity contribution in [3.8, 4) is 0 Å². The topological polar surface area (TPSA) is 15.3 Å². The van der Waals surface area contributed by atoms with Gasteiger partial charge in [-0.2, -0.15) is 0 Å². The fourth-order valence-electron chi connectivity index (χ4n) is 3.85. The van der Waals surface area contributed by atoms with Crippen molar-refractivity contribution >= 4 is 0 Å². The predicted octanol–water partition coefficient (Wildman–Crippen LogP) is 3.40. The van der Waals surface area contributed by atoms with Gasteiger partial charge in [0.05, 0.1) is 0 Å². The second-order valence-electron chi connectivity index (χ2n) is 6.75. The Morgan fingerprint density at radius 1 is 0.905 bits per heavy atom. The first kappa shape index (κ1) is 15.1. The van der Waals surface area contributed by atoms with E-state index < -0.39 is 0 Å². The molecule has 0 saturated heterocycles.